The standard InChI is InChI=1S/C14H16NO5P/c16-12-3-1-2-10(8-12)4-5-11-9-13(17)6-7-14(11)15-21(18,19)20/h1-3,6-9,11,16-17H,4-5H2,(H2,18,19,20). The molecule has 0 saturated heterocycles. The fourth-order valence-electron chi connectivity index (χ4n) is 2.16. The molecule has 0 aliphatic heterocycles. The fraction of sp³-hybridized carbons (Fsp3) is 0.214. The van der Waals surface area contributed by atoms with Crippen LogP contribution >= 0.6 is 7.75 Å². The first kappa shape index (κ1) is 15.5. The van der Waals surface area contributed by atoms with Crippen molar-refractivity contribution in [2.45, 2.75) is 12.8 Å². The lowest BCUT2D eigenvalue weighted by Gasteiger charge is -2.17. The number of allylic oxidation sites excluding steroid dienone is 3. The zero-order valence-electron chi connectivity index (χ0n) is 11.1. The zero-order chi connectivity index (χ0) is 15.5. The predicted molar refractivity (Wildman–Crippen MR) is 79.2 cm³/mol. The summed E-state index contributed by atoms with van der Waals surface area (Å²) in [4.78, 5) is 17.9. The molecule has 0 saturated carbocycles. The summed E-state index contributed by atoms with van der Waals surface area (Å²) in [5.41, 5.74) is 1.13. The van der Waals surface area contributed by atoms with Gasteiger partial charge in [0.05, 0.1) is 5.71 Å². The van der Waals surface area contributed by atoms with E-state index in [-0.39, 0.29) is 23.1 Å². The predicted octanol–water partition coefficient (Wildman–Crippen LogP) is 2.49. The molecule has 0 radical (unpaired) electrons. The molecule has 2 rings (SSSR count). The molecule has 0 heterocycles. The molecular weight excluding hydrogens is 293 g/mol. The molecule has 0 aromatic heterocycles. The van der Waals surface area contributed by atoms with Crippen molar-refractivity contribution in [3.63, 3.8) is 0 Å². The first-order valence-electron chi connectivity index (χ1n) is 6.36. The van der Waals surface area contributed by atoms with Gasteiger partial charge in [0, 0.05) is 5.92 Å². The van der Waals surface area contributed by atoms with E-state index in [2.05, 4.69) is 4.76 Å². The minimum Gasteiger partial charge on any atom is -0.508 e. The van der Waals surface area contributed by atoms with Crippen LogP contribution in [0.1, 0.15) is 12.0 Å². The quantitative estimate of drug-likeness (QED) is 0.639. The van der Waals surface area contributed by atoms with Crippen molar-refractivity contribution in [3.05, 3.63) is 53.8 Å². The van der Waals surface area contributed by atoms with E-state index in [0.717, 1.165) is 5.56 Å². The van der Waals surface area contributed by atoms with Crippen LogP contribution < -0.4 is 0 Å². The van der Waals surface area contributed by atoms with Gasteiger partial charge in [-0.3, -0.25) is 0 Å². The number of nitrogens with zero attached hydrogens (tertiary/aromatic N) is 1. The van der Waals surface area contributed by atoms with E-state index in [9.17, 15) is 14.8 Å². The number of aliphatic hydroxyl groups excluding tert-OH is 1. The Hall–Kier alpha value is -1.88. The van der Waals surface area contributed by atoms with Crippen LogP contribution in [0.5, 0.6) is 5.75 Å². The molecular formula is C14H16NO5P. The smallest absolute Gasteiger partial charge is 0.448 e. The second-order valence-electron chi connectivity index (χ2n) is 4.78. The first-order valence-corrected chi connectivity index (χ1v) is 7.92. The molecule has 7 heteroatoms. The molecule has 1 aromatic carbocycles. The van der Waals surface area contributed by atoms with Crippen LogP contribution in [0.3, 0.4) is 0 Å². The Bertz CT molecular complexity index is 659. The Kier molecular flexibility index (Phi) is 4.63. The highest BCUT2D eigenvalue weighted by Gasteiger charge is 2.20. The SMILES string of the molecule is O=P(O)(O)N=C1C=CC(O)=CC1CCc1cccc(O)c1. The molecule has 1 aliphatic carbocycles. The van der Waals surface area contributed by atoms with Gasteiger partial charge >= 0.3 is 7.75 Å². The molecule has 6 nitrogen and oxygen atoms in total. The van der Waals surface area contributed by atoms with Crippen molar-refractivity contribution < 1.29 is 24.6 Å². The summed E-state index contributed by atoms with van der Waals surface area (Å²) >= 11 is 0. The summed E-state index contributed by atoms with van der Waals surface area (Å²) < 4.78 is 14.4. The molecule has 1 atom stereocenters. The van der Waals surface area contributed by atoms with Gasteiger partial charge in [0.2, 0.25) is 0 Å². The van der Waals surface area contributed by atoms with Crippen molar-refractivity contribution in [2.75, 3.05) is 0 Å². The third kappa shape index (κ3) is 4.86. The van der Waals surface area contributed by atoms with Crippen LogP contribution in [0.4, 0.5) is 0 Å². The van der Waals surface area contributed by atoms with Crippen molar-refractivity contribution in [3.8, 4) is 5.75 Å². The maximum absolute atomic E-state index is 11.0. The van der Waals surface area contributed by atoms with Crippen LogP contribution in [0, 0.1) is 5.92 Å². The monoisotopic (exact) mass is 309 g/mol. The van der Waals surface area contributed by atoms with Crippen LogP contribution in [-0.2, 0) is 11.0 Å². The van der Waals surface area contributed by atoms with Crippen molar-refractivity contribution in [1.29, 1.82) is 0 Å². The number of phenolic OH excluding ortho intramolecular Hbond substituents is 1. The maximum Gasteiger partial charge on any atom is 0.448 e. The Balaban J connectivity index is 2.14. The molecule has 4 N–H and O–H groups in total. The lowest BCUT2D eigenvalue weighted by molar-refractivity contribution is 0.374. The van der Waals surface area contributed by atoms with E-state index in [0.29, 0.717) is 12.8 Å². The van der Waals surface area contributed by atoms with Crippen LogP contribution in [-0.4, -0.2) is 25.7 Å². The Morgan fingerprint density at radius 1 is 1.19 bits per heavy atom. The number of phenols is 1. The highest BCUT2D eigenvalue weighted by Crippen LogP contribution is 2.38. The largest absolute Gasteiger partial charge is 0.508 e. The van der Waals surface area contributed by atoms with Gasteiger partial charge in [-0.05, 0) is 48.8 Å². The summed E-state index contributed by atoms with van der Waals surface area (Å²) in [7, 11) is -4.51. The van der Waals surface area contributed by atoms with E-state index >= 15 is 0 Å². The molecule has 0 amide bonds. The van der Waals surface area contributed by atoms with Gasteiger partial charge < -0.3 is 20.0 Å². The second kappa shape index (κ2) is 6.26. The zero-order valence-corrected chi connectivity index (χ0v) is 12.0. The number of aliphatic hydroxyl groups is 1. The van der Waals surface area contributed by atoms with E-state index in [4.69, 9.17) is 9.79 Å². The first-order chi connectivity index (χ1) is 9.83. The Morgan fingerprint density at radius 3 is 2.62 bits per heavy atom. The molecule has 1 aliphatic rings. The normalized spacial score (nSPS) is 20.6. The number of rotatable bonds is 4. The summed E-state index contributed by atoms with van der Waals surface area (Å²) in [5, 5.41) is 18.9. The molecule has 1 unspecified atom stereocenters. The minimum absolute atomic E-state index is 0.0422. The Morgan fingerprint density at radius 2 is 1.95 bits per heavy atom. The minimum atomic E-state index is -4.51. The molecule has 21 heavy (non-hydrogen) atoms. The average molecular weight is 309 g/mol. The van der Waals surface area contributed by atoms with Gasteiger partial charge in [-0.1, -0.05) is 12.1 Å². The lowest BCUT2D eigenvalue weighted by atomic mass is 9.91. The topological polar surface area (TPSA) is 110 Å². The van der Waals surface area contributed by atoms with E-state index < -0.39 is 7.75 Å². The van der Waals surface area contributed by atoms with Crippen LogP contribution in [0.25, 0.3) is 0 Å². The van der Waals surface area contributed by atoms with E-state index in [1.165, 1.54) is 18.2 Å². The van der Waals surface area contributed by atoms with Gasteiger partial charge in [0.15, 0.2) is 0 Å². The highest BCUT2D eigenvalue weighted by atomic mass is 31.2. The van der Waals surface area contributed by atoms with Gasteiger partial charge in [-0.2, -0.15) is 4.76 Å². The van der Waals surface area contributed by atoms with Gasteiger partial charge in [-0.25, -0.2) is 4.57 Å². The van der Waals surface area contributed by atoms with Gasteiger partial charge in [0.1, 0.15) is 11.5 Å². The number of aromatic hydroxyl groups is 1. The van der Waals surface area contributed by atoms with Crippen molar-refractivity contribution in [2.24, 2.45) is 10.7 Å². The number of benzene rings is 1. The third-order valence-electron chi connectivity index (χ3n) is 3.08. The number of hydrogen-bond donors (Lipinski definition) is 4. The summed E-state index contributed by atoms with van der Waals surface area (Å²) in [6.07, 6.45) is 5.35. The Labute approximate surface area is 122 Å². The number of aryl methyl sites for hydroxylation is 1. The molecule has 112 valence electrons. The number of hydrogen-bond acceptors (Lipinski definition) is 3. The summed E-state index contributed by atoms with van der Waals surface area (Å²) in [5.74, 6) is -0.177. The third-order valence-corrected chi connectivity index (χ3v) is 3.57. The summed E-state index contributed by atoms with van der Waals surface area (Å²) in [6.45, 7) is 0. The second-order valence-corrected chi connectivity index (χ2v) is 6.00. The van der Waals surface area contributed by atoms with Gasteiger partial charge in [0.25, 0.3) is 0 Å². The molecule has 1 aromatic rings. The maximum atomic E-state index is 11.0. The molecule has 0 fully saturated rings. The summed E-state index contributed by atoms with van der Waals surface area (Å²) in [6, 6.07) is 6.77. The van der Waals surface area contributed by atoms with Gasteiger partial charge in [-0.15, -0.1) is 0 Å². The highest BCUT2D eigenvalue weighted by molar-refractivity contribution is 7.50. The average Bonchev–Trinajstić information content (AvgIpc) is 2.38. The van der Waals surface area contributed by atoms with Crippen LogP contribution in [0.2, 0.25) is 0 Å². The van der Waals surface area contributed by atoms with Crippen LogP contribution in [0.15, 0.2) is 53.0 Å². The fourth-order valence-corrected chi connectivity index (χ4v) is 2.68. The van der Waals surface area contributed by atoms with Crippen molar-refractivity contribution >= 4 is 13.5 Å². The molecule has 0 spiro atoms. The van der Waals surface area contributed by atoms with E-state index in [1.54, 1.807) is 18.2 Å². The lowest BCUT2D eigenvalue weighted by Crippen LogP contribution is -2.15. The molecule has 0 bridgehead atoms. The van der Waals surface area contributed by atoms with Crippen molar-refractivity contribution in [1.82, 2.24) is 0 Å². The van der Waals surface area contributed by atoms with E-state index in [1.807, 2.05) is 6.07 Å².